The number of nitriles is 1. The highest BCUT2D eigenvalue weighted by molar-refractivity contribution is 5.42. The van der Waals surface area contributed by atoms with Gasteiger partial charge in [0.2, 0.25) is 0 Å². The van der Waals surface area contributed by atoms with Gasteiger partial charge in [-0.1, -0.05) is 5.16 Å². The van der Waals surface area contributed by atoms with Crippen LogP contribution in [0.1, 0.15) is 28.1 Å². The number of benzene rings is 1. The molecule has 0 aliphatic carbocycles. The van der Waals surface area contributed by atoms with Crippen LogP contribution in [-0.2, 0) is 13.1 Å². The largest absolute Gasteiger partial charge is 0.496 e. The van der Waals surface area contributed by atoms with Gasteiger partial charge < -0.3 is 14.6 Å². The van der Waals surface area contributed by atoms with Gasteiger partial charge >= 0.3 is 0 Å². The molecule has 0 spiro atoms. The van der Waals surface area contributed by atoms with Crippen LogP contribution in [0, 0.1) is 25.2 Å². The molecule has 1 N–H and O–H groups in total. The van der Waals surface area contributed by atoms with Crippen molar-refractivity contribution in [3.05, 3.63) is 46.3 Å². The number of methoxy groups -OCH3 is 1. The Morgan fingerprint density at radius 1 is 1.35 bits per heavy atom. The first-order valence-electron chi connectivity index (χ1n) is 6.35. The van der Waals surface area contributed by atoms with Gasteiger partial charge in [0, 0.05) is 24.2 Å². The van der Waals surface area contributed by atoms with Gasteiger partial charge in [-0.15, -0.1) is 0 Å². The minimum absolute atomic E-state index is 0.614. The van der Waals surface area contributed by atoms with Crippen LogP contribution < -0.4 is 10.1 Å². The third kappa shape index (κ3) is 2.98. The van der Waals surface area contributed by atoms with Crippen LogP contribution in [0.3, 0.4) is 0 Å². The Morgan fingerprint density at radius 2 is 2.15 bits per heavy atom. The average molecular weight is 271 g/mol. The van der Waals surface area contributed by atoms with Crippen LogP contribution in [-0.4, -0.2) is 12.3 Å². The molecule has 0 unspecified atom stereocenters. The number of rotatable bonds is 5. The Hall–Kier alpha value is -2.32. The van der Waals surface area contributed by atoms with Gasteiger partial charge in [0.15, 0.2) is 0 Å². The van der Waals surface area contributed by atoms with Crippen LogP contribution >= 0.6 is 0 Å². The third-order valence-electron chi connectivity index (χ3n) is 3.21. The number of nitrogens with zero attached hydrogens (tertiary/aromatic N) is 2. The summed E-state index contributed by atoms with van der Waals surface area (Å²) in [5.41, 5.74) is 3.55. The number of aryl methyl sites for hydroxylation is 2. The summed E-state index contributed by atoms with van der Waals surface area (Å²) in [5, 5.41) is 16.2. The zero-order valence-corrected chi connectivity index (χ0v) is 11.9. The maximum Gasteiger partial charge on any atom is 0.138 e. The van der Waals surface area contributed by atoms with Crippen LogP contribution in [0.25, 0.3) is 0 Å². The van der Waals surface area contributed by atoms with E-state index in [4.69, 9.17) is 14.5 Å². The number of ether oxygens (including phenoxy) is 1. The Kier molecular flexibility index (Phi) is 4.38. The lowest BCUT2D eigenvalue weighted by molar-refractivity contribution is 0.391. The Bertz CT molecular complexity index is 622. The molecule has 104 valence electrons. The summed E-state index contributed by atoms with van der Waals surface area (Å²) in [6.45, 7) is 5.10. The first kappa shape index (κ1) is 14.1. The molecule has 0 saturated heterocycles. The van der Waals surface area contributed by atoms with Gasteiger partial charge in [-0.05, 0) is 32.0 Å². The minimum atomic E-state index is 0.614. The normalized spacial score (nSPS) is 10.3. The smallest absolute Gasteiger partial charge is 0.138 e. The van der Waals surface area contributed by atoms with E-state index in [0.717, 1.165) is 28.3 Å². The van der Waals surface area contributed by atoms with Crippen molar-refractivity contribution in [2.75, 3.05) is 7.11 Å². The highest BCUT2D eigenvalue weighted by atomic mass is 16.5. The third-order valence-corrected chi connectivity index (χ3v) is 3.21. The fourth-order valence-corrected chi connectivity index (χ4v) is 2.06. The second-order valence-corrected chi connectivity index (χ2v) is 4.54. The number of aromatic nitrogens is 1. The number of hydrogen-bond donors (Lipinski definition) is 1. The summed E-state index contributed by atoms with van der Waals surface area (Å²) in [4.78, 5) is 0. The summed E-state index contributed by atoms with van der Waals surface area (Å²) < 4.78 is 10.4. The molecule has 1 aromatic heterocycles. The van der Waals surface area contributed by atoms with Crippen molar-refractivity contribution in [1.29, 1.82) is 5.26 Å². The van der Waals surface area contributed by atoms with E-state index in [-0.39, 0.29) is 0 Å². The molecule has 1 aromatic carbocycles. The van der Waals surface area contributed by atoms with E-state index in [1.54, 1.807) is 13.2 Å². The zero-order valence-electron chi connectivity index (χ0n) is 11.9. The Morgan fingerprint density at radius 3 is 2.75 bits per heavy atom. The zero-order chi connectivity index (χ0) is 14.5. The Labute approximate surface area is 118 Å². The van der Waals surface area contributed by atoms with E-state index < -0.39 is 0 Å². The fraction of sp³-hybridized carbons (Fsp3) is 0.333. The Balaban J connectivity index is 2.06. The summed E-state index contributed by atoms with van der Waals surface area (Å²) >= 11 is 0. The maximum absolute atomic E-state index is 8.94. The predicted octanol–water partition coefficient (Wildman–Crippen LogP) is 2.46. The van der Waals surface area contributed by atoms with Crippen molar-refractivity contribution < 1.29 is 9.26 Å². The highest BCUT2D eigenvalue weighted by Crippen LogP contribution is 2.20. The van der Waals surface area contributed by atoms with Crippen molar-refractivity contribution >= 4 is 0 Å². The van der Waals surface area contributed by atoms with E-state index in [2.05, 4.69) is 16.5 Å². The number of nitrogens with one attached hydrogen (secondary N) is 1. The van der Waals surface area contributed by atoms with Crippen molar-refractivity contribution in [2.24, 2.45) is 0 Å². The van der Waals surface area contributed by atoms with Crippen molar-refractivity contribution in [3.8, 4) is 11.8 Å². The van der Waals surface area contributed by atoms with Crippen LogP contribution in [0.4, 0.5) is 0 Å². The lowest BCUT2D eigenvalue weighted by Gasteiger charge is -2.10. The lowest BCUT2D eigenvalue weighted by Crippen LogP contribution is -2.14. The first-order chi connectivity index (χ1) is 9.65. The van der Waals surface area contributed by atoms with E-state index in [0.29, 0.717) is 18.7 Å². The van der Waals surface area contributed by atoms with E-state index in [1.807, 2.05) is 26.0 Å². The molecule has 5 heteroatoms. The molecule has 0 atom stereocenters. The molecule has 20 heavy (non-hydrogen) atoms. The lowest BCUT2D eigenvalue weighted by atomic mass is 10.1. The number of hydrogen-bond acceptors (Lipinski definition) is 5. The van der Waals surface area contributed by atoms with Crippen LogP contribution in [0.15, 0.2) is 22.7 Å². The molecule has 2 aromatic rings. The summed E-state index contributed by atoms with van der Waals surface area (Å²) in [6.07, 6.45) is 0. The molecule has 2 rings (SSSR count). The fourth-order valence-electron chi connectivity index (χ4n) is 2.06. The summed E-state index contributed by atoms with van der Waals surface area (Å²) in [7, 11) is 1.62. The summed E-state index contributed by atoms with van der Waals surface area (Å²) in [5.74, 6) is 1.60. The topological polar surface area (TPSA) is 71.1 Å². The molecule has 0 amide bonds. The minimum Gasteiger partial charge on any atom is -0.496 e. The highest BCUT2D eigenvalue weighted by Gasteiger charge is 2.09. The second-order valence-electron chi connectivity index (χ2n) is 4.54. The molecule has 0 bridgehead atoms. The quantitative estimate of drug-likeness (QED) is 0.904. The molecule has 5 nitrogen and oxygen atoms in total. The molecular formula is C15H17N3O2. The van der Waals surface area contributed by atoms with Crippen molar-refractivity contribution in [2.45, 2.75) is 26.9 Å². The summed E-state index contributed by atoms with van der Waals surface area (Å²) in [6, 6.07) is 7.52. The van der Waals surface area contributed by atoms with Crippen molar-refractivity contribution in [1.82, 2.24) is 10.5 Å². The van der Waals surface area contributed by atoms with Gasteiger partial charge in [-0.3, -0.25) is 0 Å². The molecule has 0 radical (unpaired) electrons. The first-order valence-corrected chi connectivity index (χ1v) is 6.35. The van der Waals surface area contributed by atoms with E-state index >= 15 is 0 Å². The average Bonchev–Trinajstić information content (AvgIpc) is 2.78. The molecule has 1 heterocycles. The molecule has 0 saturated carbocycles. The van der Waals surface area contributed by atoms with Crippen LogP contribution in [0.5, 0.6) is 5.75 Å². The molecule has 0 fully saturated rings. The molecule has 0 aliphatic rings. The predicted molar refractivity (Wildman–Crippen MR) is 74.2 cm³/mol. The van der Waals surface area contributed by atoms with Gasteiger partial charge in [-0.25, -0.2) is 0 Å². The second kappa shape index (κ2) is 6.22. The van der Waals surface area contributed by atoms with E-state index in [9.17, 15) is 0 Å². The maximum atomic E-state index is 8.94. The SMILES string of the molecule is COc1ccc(C#N)cc1CNCc1c(C)noc1C. The molecular weight excluding hydrogens is 254 g/mol. The monoisotopic (exact) mass is 271 g/mol. The van der Waals surface area contributed by atoms with Gasteiger partial charge in [0.1, 0.15) is 11.5 Å². The van der Waals surface area contributed by atoms with Gasteiger partial charge in [0.25, 0.3) is 0 Å². The van der Waals surface area contributed by atoms with Crippen LogP contribution in [0.2, 0.25) is 0 Å². The van der Waals surface area contributed by atoms with Crippen molar-refractivity contribution in [3.63, 3.8) is 0 Å². The van der Waals surface area contributed by atoms with Gasteiger partial charge in [-0.2, -0.15) is 5.26 Å². The molecule has 0 aliphatic heterocycles. The van der Waals surface area contributed by atoms with E-state index in [1.165, 1.54) is 0 Å². The van der Waals surface area contributed by atoms with Gasteiger partial charge in [0.05, 0.1) is 24.4 Å². The standard InChI is InChI=1S/C15H17N3O2/c1-10-14(11(2)20-18-10)9-17-8-13-6-12(7-16)4-5-15(13)19-3/h4-6,17H,8-9H2,1-3H3.